The van der Waals surface area contributed by atoms with Gasteiger partial charge >= 0.3 is 12.1 Å². The molecule has 2 aliphatic rings. The number of carbonyl (C=O) groups is 3. The number of likely N-dealkylation sites (tertiary alicyclic amines) is 1. The molecular formula is C40H38FN5O7S. The van der Waals surface area contributed by atoms with E-state index in [9.17, 15) is 14.4 Å². The Bertz CT molecular complexity index is 2130. The van der Waals surface area contributed by atoms with Crippen LogP contribution in [0.2, 0.25) is 0 Å². The van der Waals surface area contributed by atoms with Gasteiger partial charge in [-0.1, -0.05) is 73.5 Å². The van der Waals surface area contributed by atoms with Crippen molar-refractivity contribution in [2.75, 3.05) is 31.1 Å². The summed E-state index contributed by atoms with van der Waals surface area (Å²) in [4.78, 5) is 48.1. The maximum Gasteiger partial charge on any atom is 0.410 e. The van der Waals surface area contributed by atoms with E-state index in [1.54, 1.807) is 36.4 Å². The number of aromatic nitrogens is 2. The van der Waals surface area contributed by atoms with Crippen molar-refractivity contribution in [1.82, 2.24) is 20.2 Å². The van der Waals surface area contributed by atoms with Crippen molar-refractivity contribution in [3.8, 4) is 23.1 Å². The van der Waals surface area contributed by atoms with E-state index in [1.165, 1.54) is 25.6 Å². The van der Waals surface area contributed by atoms with Crippen molar-refractivity contribution in [3.05, 3.63) is 114 Å². The van der Waals surface area contributed by atoms with Crippen LogP contribution in [0.1, 0.15) is 24.0 Å². The number of methoxy groups -OCH3 is 1. The Morgan fingerprint density at radius 3 is 2.28 bits per heavy atom. The number of nitrogens with zero attached hydrogens (tertiary/aromatic N) is 4. The molecule has 1 aliphatic heterocycles. The van der Waals surface area contributed by atoms with E-state index in [-0.39, 0.29) is 36.4 Å². The number of fused-ring (bicyclic) bond motifs is 2. The van der Waals surface area contributed by atoms with Crippen molar-refractivity contribution in [2.24, 2.45) is 17.8 Å². The van der Waals surface area contributed by atoms with E-state index in [2.05, 4.69) is 28.1 Å². The van der Waals surface area contributed by atoms with Crippen LogP contribution in [0, 0.1) is 23.6 Å². The fraction of sp³-hybridized carbons (Fsp3) is 0.275. The van der Waals surface area contributed by atoms with E-state index in [0.29, 0.717) is 59.9 Å². The molecule has 0 spiro atoms. The predicted molar refractivity (Wildman–Crippen MR) is 201 cm³/mol. The second-order valence-electron chi connectivity index (χ2n) is 13.4. The van der Waals surface area contributed by atoms with Gasteiger partial charge in [0.2, 0.25) is 11.8 Å². The first kappa shape index (κ1) is 36.5. The van der Waals surface area contributed by atoms with Gasteiger partial charge in [0, 0.05) is 25.2 Å². The molecule has 2 heterocycles. The highest BCUT2D eigenvalue weighted by atomic mass is 32.1. The van der Waals surface area contributed by atoms with E-state index in [1.807, 2.05) is 41.3 Å². The number of urea groups is 1. The van der Waals surface area contributed by atoms with Crippen LogP contribution in [0.5, 0.6) is 23.1 Å². The first-order chi connectivity index (χ1) is 26.2. The molecule has 1 N–H and O–H groups in total. The van der Waals surface area contributed by atoms with Gasteiger partial charge in [-0.3, -0.25) is 10.1 Å². The van der Waals surface area contributed by atoms with Gasteiger partial charge < -0.3 is 23.8 Å². The van der Waals surface area contributed by atoms with Crippen LogP contribution < -0.4 is 23.8 Å². The molecule has 2 fully saturated rings. The molecule has 278 valence electrons. The van der Waals surface area contributed by atoms with E-state index >= 15 is 4.39 Å². The molecule has 2 unspecified atom stereocenters. The predicted octanol–water partition coefficient (Wildman–Crippen LogP) is 7.37. The highest BCUT2D eigenvalue weighted by molar-refractivity contribution is 7.82. The second-order valence-corrected chi connectivity index (χ2v) is 13.8. The molecule has 2 atom stereocenters. The topological polar surface area (TPSA) is 132 Å². The van der Waals surface area contributed by atoms with Crippen molar-refractivity contribution in [2.45, 2.75) is 25.9 Å². The number of benzene rings is 4. The molecule has 0 radical (unpaired) electrons. The molecule has 5 aromatic rings. The minimum atomic E-state index is -0.835. The Labute approximate surface area is 316 Å². The zero-order valence-corrected chi connectivity index (χ0v) is 30.3. The number of thiol groups is 1. The molecule has 12 nitrogen and oxygen atoms in total. The molecule has 4 amide bonds. The third-order valence-electron chi connectivity index (χ3n) is 9.68. The Morgan fingerprint density at radius 1 is 0.889 bits per heavy atom. The second kappa shape index (κ2) is 16.4. The monoisotopic (exact) mass is 751 g/mol. The lowest BCUT2D eigenvalue weighted by Gasteiger charge is -2.20. The SMILES string of the molecule is COc1cc2c(Oc3ccc(N(S)C(=O)NC(=O)Cc4ccccc4)cc3F)ncnc2cc1OCC1CC2CN(C(=O)OCc3ccccc3)CC2C1. The molecule has 14 heteroatoms. The highest BCUT2D eigenvalue weighted by Gasteiger charge is 2.43. The van der Waals surface area contributed by atoms with Crippen LogP contribution >= 0.6 is 12.8 Å². The summed E-state index contributed by atoms with van der Waals surface area (Å²) in [6.45, 7) is 2.09. The van der Waals surface area contributed by atoms with Crippen LogP contribution in [0.15, 0.2) is 97.3 Å². The molecule has 54 heavy (non-hydrogen) atoms. The first-order valence-corrected chi connectivity index (χ1v) is 17.9. The Hall–Kier alpha value is -5.89. The van der Waals surface area contributed by atoms with Crippen LogP contribution in [0.3, 0.4) is 0 Å². The smallest absolute Gasteiger partial charge is 0.410 e. The number of anilines is 1. The zero-order chi connectivity index (χ0) is 37.6. The Balaban J connectivity index is 0.942. The van der Waals surface area contributed by atoms with Crippen LogP contribution in [0.25, 0.3) is 10.9 Å². The number of carbonyl (C=O) groups excluding carboxylic acids is 3. The summed E-state index contributed by atoms with van der Waals surface area (Å²) in [5, 5.41) is 2.71. The molecule has 1 aromatic heterocycles. The van der Waals surface area contributed by atoms with Gasteiger partial charge in [-0.2, -0.15) is 0 Å². The molecule has 7 rings (SSSR count). The zero-order valence-electron chi connectivity index (χ0n) is 29.4. The normalized spacial score (nSPS) is 17.5. The minimum absolute atomic E-state index is 0.00200. The number of amides is 4. The fourth-order valence-electron chi connectivity index (χ4n) is 7.05. The number of ether oxygens (including phenoxy) is 4. The number of nitrogens with one attached hydrogen (secondary N) is 1. The summed E-state index contributed by atoms with van der Waals surface area (Å²) in [5.74, 6) is 0.641. The Morgan fingerprint density at radius 2 is 1.59 bits per heavy atom. The standard InChI is InChI=1S/C40H38FN5O7S/c1-50-35-18-31-33(19-36(35)51-23-27-14-28-20-45(21-29(28)15-27)40(49)52-22-26-10-6-3-7-11-26)42-24-43-38(31)53-34-13-12-30(17-32(34)41)46(54)39(48)44-37(47)16-25-8-4-2-5-9-25/h2-13,17-19,24,27-29,54H,14-16,20-23H2,1H3,(H,44,47,48). The van der Waals surface area contributed by atoms with E-state index in [0.717, 1.165) is 34.3 Å². The summed E-state index contributed by atoms with van der Waals surface area (Å²) < 4.78 is 39.5. The maximum atomic E-state index is 15.3. The lowest BCUT2D eigenvalue weighted by Crippen LogP contribution is -2.39. The van der Waals surface area contributed by atoms with Crippen LogP contribution in [0.4, 0.5) is 19.7 Å². The summed E-state index contributed by atoms with van der Waals surface area (Å²) in [6, 6.07) is 25.0. The quantitative estimate of drug-likeness (QED) is 0.133. The maximum absolute atomic E-state index is 15.3. The van der Waals surface area contributed by atoms with E-state index < -0.39 is 17.8 Å². The third kappa shape index (κ3) is 8.49. The number of rotatable bonds is 11. The minimum Gasteiger partial charge on any atom is -0.493 e. The van der Waals surface area contributed by atoms with Crippen molar-refractivity contribution < 1.29 is 37.7 Å². The molecular weight excluding hydrogens is 714 g/mol. The summed E-state index contributed by atoms with van der Waals surface area (Å²) in [7, 11) is 1.52. The lowest BCUT2D eigenvalue weighted by molar-refractivity contribution is -0.119. The van der Waals surface area contributed by atoms with Gasteiger partial charge in [0.05, 0.1) is 36.7 Å². The lowest BCUT2D eigenvalue weighted by atomic mass is 10.0. The average molecular weight is 752 g/mol. The summed E-state index contributed by atoms with van der Waals surface area (Å²) in [6.07, 6.45) is 2.91. The van der Waals surface area contributed by atoms with Crippen molar-refractivity contribution >= 4 is 47.4 Å². The van der Waals surface area contributed by atoms with Crippen LogP contribution in [-0.4, -0.2) is 59.7 Å². The summed E-state index contributed by atoms with van der Waals surface area (Å²) >= 11 is 4.16. The highest BCUT2D eigenvalue weighted by Crippen LogP contribution is 2.43. The summed E-state index contributed by atoms with van der Waals surface area (Å²) in [5.41, 5.74) is 2.27. The van der Waals surface area contributed by atoms with Gasteiger partial charge in [0.25, 0.3) is 0 Å². The number of hydrogen-bond acceptors (Lipinski definition) is 10. The van der Waals surface area contributed by atoms with Crippen LogP contribution in [-0.2, 0) is 22.6 Å². The number of imide groups is 1. The van der Waals surface area contributed by atoms with Gasteiger partial charge in [-0.25, -0.2) is 28.3 Å². The number of hydrogen-bond donors (Lipinski definition) is 2. The molecule has 0 bridgehead atoms. The van der Waals surface area contributed by atoms with Crippen molar-refractivity contribution in [3.63, 3.8) is 0 Å². The fourth-order valence-corrected chi connectivity index (χ4v) is 7.22. The van der Waals surface area contributed by atoms with Gasteiger partial charge in [-0.15, -0.1) is 0 Å². The number of halogens is 1. The molecule has 1 aliphatic carbocycles. The third-order valence-corrected chi connectivity index (χ3v) is 10.1. The average Bonchev–Trinajstić information content (AvgIpc) is 3.77. The van der Waals surface area contributed by atoms with Gasteiger partial charge in [0.1, 0.15) is 12.9 Å². The Kier molecular flexibility index (Phi) is 11.1. The first-order valence-electron chi connectivity index (χ1n) is 17.5. The van der Waals surface area contributed by atoms with Gasteiger partial charge in [0.15, 0.2) is 23.1 Å². The molecule has 1 saturated heterocycles. The molecule has 4 aromatic carbocycles. The largest absolute Gasteiger partial charge is 0.493 e. The van der Waals surface area contributed by atoms with Crippen molar-refractivity contribution in [1.29, 1.82) is 0 Å². The van der Waals surface area contributed by atoms with Gasteiger partial charge in [-0.05, 0) is 59.9 Å². The van der Waals surface area contributed by atoms with E-state index in [4.69, 9.17) is 18.9 Å². The molecule has 1 saturated carbocycles.